The molecule has 4 atom stereocenters. The molecule has 5 heterocycles. The lowest BCUT2D eigenvalue weighted by molar-refractivity contribution is 0.194. The maximum absolute atomic E-state index is 9.99. The molecule has 0 amide bonds. The van der Waals surface area contributed by atoms with Crippen molar-refractivity contribution >= 4 is 84.9 Å². The Labute approximate surface area is 453 Å². The normalized spacial score (nSPS) is 25.3. The van der Waals surface area contributed by atoms with Crippen molar-refractivity contribution < 1.29 is 9.90 Å². The Kier molecular flexibility index (Phi) is 8.74. The number of benzene rings is 7. The minimum Gasteiger partial charge on any atom is -0.456 e. The Bertz CT molecular complexity index is 3970. The molecule has 14 rings (SSSR count). The molecule has 75 heavy (non-hydrogen) atoms. The van der Waals surface area contributed by atoms with Crippen LogP contribution in [0.4, 0.5) is 39.8 Å². The first-order valence-electron chi connectivity index (χ1n) is 30.3. The van der Waals surface area contributed by atoms with Gasteiger partial charge in [-0.05, 0) is 154 Å². The third-order valence-corrected chi connectivity index (χ3v) is 20.5. The first-order valence-corrected chi connectivity index (χ1v) is 28.3. The predicted molar refractivity (Wildman–Crippen MR) is 320 cm³/mol. The van der Waals surface area contributed by atoms with Crippen LogP contribution in [0, 0.1) is 0 Å². The fraction of sp³-hybridized carbons (Fsp3) is 0.400. The number of fused-ring (bicyclic) bond motifs is 14. The first-order chi connectivity index (χ1) is 37.2. The van der Waals surface area contributed by atoms with Gasteiger partial charge in [-0.1, -0.05) is 181 Å². The van der Waals surface area contributed by atoms with E-state index in [-0.39, 0.29) is 58.1 Å². The van der Waals surface area contributed by atoms with Crippen molar-refractivity contribution in [2.75, 3.05) is 14.7 Å². The topological polar surface area (TPSA) is 22.9 Å². The largest absolute Gasteiger partial charge is 0.456 e. The lowest BCUT2D eigenvalue weighted by Crippen LogP contribution is -2.64. The summed E-state index contributed by atoms with van der Waals surface area (Å²) in [5.74, 6) is 0. The van der Waals surface area contributed by atoms with Gasteiger partial charge in [0, 0.05) is 50.2 Å². The van der Waals surface area contributed by atoms with Gasteiger partial charge >= 0.3 is 0 Å². The van der Waals surface area contributed by atoms with Gasteiger partial charge in [0.2, 0.25) is 0 Å². The summed E-state index contributed by atoms with van der Waals surface area (Å²) in [4.78, 5) is 7.88. The lowest BCUT2D eigenvalue weighted by atomic mass is 9.33. The van der Waals surface area contributed by atoms with Crippen LogP contribution in [0.2, 0.25) is 0 Å². The second-order valence-corrected chi connectivity index (χ2v) is 27.7. The van der Waals surface area contributed by atoms with Crippen molar-refractivity contribution in [3.8, 4) is 11.1 Å². The summed E-state index contributed by atoms with van der Waals surface area (Å²) in [6, 6.07) is 39.5. The zero-order chi connectivity index (χ0) is 55.6. The average molecular weight is 990 g/mol. The standard InChI is InChI=1S/C70H76BN3O/c1-64(2,3)44-27-30-54(48(37-44)43-23-15-14-16-24-43)72-56-41-47(73-55-26-18-17-25-50(55)67(10)33-19-21-35-69(67,73)12)42-57-61(56)71(52-29-32-59-60(63(52)72)49-38-45(65(4,5)6)28-31-58(49)75-59)53-40-46(66(7,8)9)39-51-62(53)74(57)70(13)36-22-20-34-68(51,70)11/h14-18,23-32,37-42H,19-22,33-36H2,1-13H3/i17D,18D,25D,26D. The molecular weight excluding hydrogens is 910 g/mol. The molecular formula is C70H76BN3O. The number of furan rings is 1. The highest BCUT2D eigenvalue weighted by molar-refractivity contribution is 7.00. The van der Waals surface area contributed by atoms with Crippen LogP contribution in [0.25, 0.3) is 33.1 Å². The molecule has 0 radical (unpaired) electrons. The number of para-hydroxylation sites is 1. The fourth-order valence-corrected chi connectivity index (χ4v) is 15.8. The minimum absolute atomic E-state index is 0.0417. The molecule has 8 aromatic rings. The van der Waals surface area contributed by atoms with Crippen LogP contribution >= 0.6 is 0 Å². The fourth-order valence-electron chi connectivity index (χ4n) is 15.8. The second-order valence-electron chi connectivity index (χ2n) is 27.7. The summed E-state index contributed by atoms with van der Waals surface area (Å²) in [6.07, 6.45) is 8.18. The molecule has 4 nitrogen and oxygen atoms in total. The third kappa shape index (κ3) is 6.19. The van der Waals surface area contributed by atoms with Crippen molar-refractivity contribution in [2.24, 2.45) is 0 Å². The molecule has 4 aliphatic heterocycles. The van der Waals surface area contributed by atoms with Crippen LogP contribution in [0.3, 0.4) is 0 Å². The van der Waals surface area contributed by atoms with E-state index >= 15 is 0 Å². The number of nitrogens with zero attached hydrogens (tertiary/aromatic N) is 3. The van der Waals surface area contributed by atoms with E-state index < -0.39 is 11.0 Å². The molecule has 2 aliphatic carbocycles. The second kappa shape index (κ2) is 15.3. The molecule has 0 saturated heterocycles. The highest BCUT2D eigenvalue weighted by atomic mass is 16.3. The highest BCUT2D eigenvalue weighted by Crippen LogP contribution is 2.65. The van der Waals surface area contributed by atoms with Gasteiger partial charge in [0.25, 0.3) is 6.71 Å². The molecule has 2 fully saturated rings. The van der Waals surface area contributed by atoms with Crippen LogP contribution < -0.4 is 31.1 Å². The van der Waals surface area contributed by atoms with E-state index in [9.17, 15) is 4.11 Å². The maximum Gasteiger partial charge on any atom is 0.252 e. The van der Waals surface area contributed by atoms with Crippen molar-refractivity contribution in [3.63, 3.8) is 0 Å². The van der Waals surface area contributed by atoms with Crippen LogP contribution in [-0.2, 0) is 27.1 Å². The van der Waals surface area contributed by atoms with E-state index in [1.807, 2.05) is 0 Å². The van der Waals surface area contributed by atoms with E-state index in [1.165, 1.54) is 56.4 Å². The van der Waals surface area contributed by atoms with Gasteiger partial charge in [0.1, 0.15) is 11.2 Å². The van der Waals surface area contributed by atoms with E-state index in [1.54, 1.807) is 0 Å². The molecule has 2 saturated carbocycles. The maximum atomic E-state index is 9.99. The molecule has 0 bridgehead atoms. The third-order valence-electron chi connectivity index (χ3n) is 20.5. The van der Waals surface area contributed by atoms with Crippen molar-refractivity contribution in [1.82, 2.24) is 0 Å². The molecule has 5 heteroatoms. The summed E-state index contributed by atoms with van der Waals surface area (Å²) in [5, 5.41) is 2.20. The van der Waals surface area contributed by atoms with Crippen LogP contribution in [0.15, 0.2) is 132 Å². The smallest absolute Gasteiger partial charge is 0.252 e. The number of anilines is 7. The summed E-state index contributed by atoms with van der Waals surface area (Å²) >= 11 is 0. The van der Waals surface area contributed by atoms with E-state index in [0.717, 1.165) is 106 Å². The number of hydrogen-bond donors (Lipinski definition) is 0. The predicted octanol–water partition coefficient (Wildman–Crippen LogP) is 17.2. The van der Waals surface area contributed by atoms with Crippen molar-refractivity contribution in [3.05, 3.63) is 155 Å². The highest BCUT2D eigenvalue weighted by Gasteiger charge is 2.63. The van der Waals surface area contributed by atoms with Crippen molar-refractivity contribution in [2.45, 2.75) is 180 Å². The molecule has 6 aliphatic rings. The Morgan fingerprint density at radius 1 is 0.520 bits per heavy atom. The molecule has 4 unspecified atom stereocenters. The van der Waals surface area contributed by atoms with E-state index in [2.05, 4.69) is 208 Å². The van der Waals surface area contributed by atoms with Crippen LogP contribution in [0.1, 0.15) is 175 Å². The van der Waals surface area contributed by atoms with Gasteiger partial charge < -0.3 is 19.1 Å². The van der Waals surface area contributed by atoms with E-state index in [0.29, 0.717) is 5.69 Å². The summed E-state index contributed by atoms with van der Waals surface area (Å²) in [5.41, 5.74) is 19.6. The zero-order valence-electron chi connectivity index (χ0n) is 50.8. The summed E-state index contributed by atoms with van der Waals surface area (Å²) in [6.45, 7) is 30.6. The average Bonchev–Trinajstić information content (AvgIpc) is 2.36. The van der Waals surface area contributed by atoms with Gasteiger partial charge in [-0.25, -0.2) is 0 Å². The Hall–Kier alpha value is -6.20. The molecule has 0 spiro atoms. The monoisotopic (exact) mass is 990 g/mol. The first kappa shape index (κ1) is 43.0. The number of rotatable bonds is 3. The Morgan fingerprint density at radius 3 is 1.84 bits per heavy atom. The Balaban J connectivity index is 1.20. The zero-order valence-corrected chi connectivity index (χ0v) is 46.8. The van der Waals surface area contributed by atoms with Gasteiger partial charge in [0.05, 0.1) is 33.3 Å². The Morgan fingerprint density at radius 2 is 1.13 bits per heavy atom. The van der Waals surface area contributed by atoms with Crippen molar-refractivity contribution in [1.29, 1.82) is 0 Å². The van der Waals surface area contributed by atoms with Gasteiger partial charge in [-0.2, -0.15) is 0 Å². The number of hydrogen-bond acceptors (Lipinski definition) is 4. The minimum atomic E-state index is -0.564. The van der Waals surface area contributed by atoms with Gasteiger partial charge in [-0.15, -0.1) is 0 Å². The summed E-state index contributed by atoms with van der Waals surface area (Å²) < 4.78 is 45.3. The molecule has 7 aromatic carbocycles. The summed E-state index contributed by atoms with van der Waals surface area (Å²) in [7, 11) is 0. The van der Waals surface area contributed by atoms with Gasteiger partial charge in [0.15, 0.2) is 0 Å². The lowest BCUT2D eigenvalue weighted by Gasteiger charge is -2.54. The van der Waals surface area contributed by atoms with Gasteiger partial charge in [-0.3, -0.25) is 0 Å². The van der Waals surface area contributed by atoms with Crippen LogP contribution in [0.5, 0.6) is 0 Å². The quantitative estimate of drug-likeness (QED) is 0.165. The molecule has 1 aromatic heterocycles. The molecule has 380 valence electrons. The SMILES string of the molecule is [2H]c1c([2H])c([2H])c2c(c1[2H])N(c1cc3c4c(c1)N1c5c(cc(C(C)(C)C)cc5C5(C)CCCCC15C)B4c1ccc4oc5ccc(C(C)(C)C)cc5c4c1N3c1ccc(C(C)(C)C)cc1-c1ccccc1)C1(C)CCCCC21C. The van der Waals surface area contributed by atoms with Crippen LogP contribution in [-0.4, -0.2) is 17.8 Å². The molecule has 0 N–H and O–H groups in total. The van der Waals surface area contributed by atoms with E-state index in [4.69, 9.17) is 5.79 Å².